The number of hydrogen-bond acceptors (Lipinski definition) is 6. The smallest absolute Gasteiger partial charge is 0.341 e. The summed E-state index contributed by atoms with van der Waals surface area (Å²) >= 11 is 0. The molecule has 1 atom stereocenters. The first-order valence-electron chi connectivity index (χ1n) is 9.34. The highest BCUT2D eigenvalue weighted by molar-refractivity contribution is 5.94. The SMILES string of the molecule is COCCOc1ccc(F)cc1[C@H]1CCCN1c1ccn2ncc(C(=O)O)c2n1. The second kappa shape index (κ2) is 8.04. The summed E-state index contributed by atoms with van der Waals surface area (Å²) < 4.78 is 26.3. The number of carboxylic acids is 1. The monoisotopic (exact) mass is 400 g/mol. The normalized spacial score (nSPS) is 16.5. The summed E-state index contributed by atoms with van der Waals surface area (Å²) in [6.45, 7) is 1.52. The Hall–Kier alpha value is -3.20. The lowest BCUT2D eigenvalue weighted by molar-refractivity contribution is 0.0698. The average molecular weight is 400 g/mol. The van der Waals surface area contributed by atoms with E-state index in [9.17, 15) is 14.3 Å². The van der Waals surface area contributed by atoms with E-state index in [-0.39, 0.29) is 23.1 Å². The summed E-state index contributed by atoms with van der Waals surface area (Å²) in [4.78, 5) is 18.0. The van der Waals surface area contributed by atoms with Crippen molar-refractivity contribution in [1.82, 2.24) is 14.6 Å². The first-order valence-corrected chi connectivity index (χ1v) is 9.34. The topological polar surface area (TPSA) is 89.2 Å². The van der Waals surface area contributed by atoms with Crippen LogP contribution in [0.2, 0.25) is 0 Å². The molecular weight excluding hydrogens is 379 g/mol. The maximum atomic E-state index is 14.0. The first kappa shape index (κ1) is 19.1. The van der Waals surface area contributed by atoms with Crippen LogP contribution in [-0.4, -0.2) is 52.5 Å². The number of rotatable bonds is 7. The van der Waals surface area contributed by atoms with Crippen LogP contribution in [0.3, 0.4) is 0 Å². The van der Waals surface area contributed by atoms with Gasteiger partial charge in [-0.15, -0.1) is 0 Å². The van der Waals surface area contributed by atoms with Crippen LogP contribution in [0.1, 0.15) is 34.8 Å². The fourth-order valence-corrected chi connectivity index (χ4v) is 3.68. The second-order valence-electron chi connectivity index (χ2n) is 6.79. The number of carboxylic acid groups (broad SMARTS) is 1. The van der Waals surface area contributed by atoms with Gasteiger partial charge in [0, 0.05) is 25.4 Å². The summed E-state index contributed by atoms with van der Waals surface area (Å²) in [6, 6.07) is 6.15. The first-order chi connectivity index (χ1) is 14.1. The Morgan fingerprint density at radius 2 is 2.21 bits per heavy atom. The summed E-state index contributed by atoms with van der Waals surface area (Å²) in [5.41, 5.74) is 1.06. The third kappa shape index (κ3) is 3.73. The van der Waals surface area contributed by atoms with Crippen LogP contribution in [0.5, 0.6) is 5.75 Å². The molecule has 2 aromatic heterocycles. The predicted octanol–water partition coefficient (Wildman–Crippen LogP) is 2.93. The largest absolute Gasteiger partial charge is 0.491 e. The molecule has 0 amide bonds. The van der Waals surface area contributed by atoms with Gasteiger partial charge < -0.3 is 19.5 Å². The maximum absolute atomic E-state index is 14.0. The van der Waals surface area contributed by atoms with E-state index in [1.165, 1.54) is 22.8 Å². The Morgan fingerprint density at radius 3 is 3.00 bits per heavy atom. The van der Waals surface area contributed by atoms with Crippen molar-refractivity contribution >= 4 is 17.4 Å². The zero-order chi connectivity index (χ0) is 20.4. The third-order valence-electron chi connectivity index (χ3n) is 5.01. The quantitative estimate of drug-likeness (QED) is 0.610. The average Bonchev–Trinajstić information content (AvgIpc) is 3.35. The van der Waals surface area contributed by atoms with Crippen molar-refractivity contribution < 1.29 is 23.8 Å². The third-order valence-corrected chi connectivity index (χ3v) is 5.01. The molecule has 29 heavy (non-hydrogen) atoms. The van der Waals surface area contributed by atoms with Gasteiger partial charge in [0.2, 0.25) is 0 Å². The Labute approximate surface area is 166 Å². The second-order valence-corrected chi connectivity index (χ2v) is 6.79. The van der Waals surface area contributed by atoms with Crippen molar-refractivity contribution in [2.75, 3.05) is 31.8 Å². The maximum Gasteiger partial charge on any atom is 0.341 e. The van der Waals surface area contributed by atoms with E-state index in [4.69, 9.17) is 9.47 Å². The molecule has 0 saturated carbocycles. The van der Waals surface area contributed by atoms with Gasteiger partial charge in [0.25, 0.3) is 0 Å². The molecule has 3 heterocycles. The molecule has 1 aromatic carbocycles. The summed E-state index contributed by atoms with van der Waals surface area (Å²) in [6.07, 6.45) is 4.67. The van der Waals surface area contributed by atoms with Crippen LogP contribution in [-0.2, 0) is 4.74 Å². The molecule has 1 aliphatic heterocycles. The van der Waals surface area contributed by atoms with E-state index in [0.717, 1.165) is 24.9 Å². The molecule has 1 N–H and O–H groups in total. The van der Waals surface area contributed by atoms with Crippen LogP contribution in [0.4, 0.5) is 10.2 Å². The number of hydrogen-bond donors (Lipinski definition) is 1. The number of benzene rings is 1. The Morgan fingerprint density at radius 1 is 1.34 bits per heavy atom. The Kier molecular flexibility index (Phi) is 5.30. The fourth-order valence-electron chi connectivity index (χ4n) is 3.68. The van der Waals surface area contributed by atoms with Crippen LogP contribution in [0.25, 0.3) is 5.65 Å². The van der Waals surface area contributed by atoms with Crippen molar-refractivity contribution in [1.29, 1.82) is 0 Å². The van der Waals surface area contributed by atoms with E-state index in [1.54, 1.807) is 25.4 Å². The van der Waals surface area contributed by atoms with E-state index in [2.05, 4.69) is 15.0 Å². The van der Waals surface area contributed by atoms with Gasteiger partial charge in [-0.05, 0) is 37.1 Å². The van der Waals surface area contributed by atoms with Gasteiger partial charge in [0.15, 0.2) is 5.65 Å². The van der Waals surface area contributed by atoms with Gasteiger partial charge >= 0.3 is 5.97 Å². The Bertz CT molecular complexity index is 1040. The number of aromatic carboxylic acids is 1. The number of nitrogens with zero attached hydrogens (tertiary/aromatic N) is 4. The molecular formula is C20H21FN4O4. The molecule has 0 unspecified atom stereocenters. The zero-order valence-electron chi connectivity index (χ0n) is 15.9. The molecule has 0 spiro atoms. The molecule has 4 rings (SSSR count). The number of ether oxygens (including phenoxy) is 2. The minimum Gasteiger partial charge on any atom is -0.491 e. The van der Waals surface area contributed by atoms with E-state index in [1.807, 2.05) is 0 Å². The standard InChI is InChI=1S/C20H21FN4O4/c1-28-9-10-29-17-5-4-13(21)11-14(17)16-3-2-7-24(16)18-6-8-25-19(23-18)15(12-22-25)20(26)27/h4-6,8,11-12,16H,2-3,7,9-10H2,1H3,(H,26,27)/t16-/m1/s1. The molecule has 0 aliphatic carbocycles. The lowest BCUT2D eigenvalue weighted by Gasteiger charge is -2.27. The lowest BCUT2D eigenvalue weighted by Crippen LogP contribution is -2.24. The zero-order valence-corrected chi connectivity index (χ0v) is 15.9. The van der Waals surface area contributed by atoms with Crippen LogP contribution >= 0.6 is 0 Å². The number of methoxy groups -OCH3 is 1. The molecule has 1 saturated heterocycles. The van der Waals surface area contributed by atoms with Crippen LogP contribution < -0.4 is 9.64 Å². The molecule has 1 aliphatic rings. The summed E-state index contributed by atoms with van der Waals surface area (Å²) in [5, 5.41) is 13.4. The van der Waals surface area contributed by atoms with Gasteiger partial charge in [-0.1, -0.05) is 0 Å². The highest BCUT2D eigenvalue weighted by atomic mass is 19.1. The predicted molar refractivity (Wildman–Crippen MR) is 103 cm³/mol. The number of fused-ring (bicyclic) bond motifs is 1. The summed E-state index contributed by atoms with van der Waals surface area (Å²) in [5.74, 6) is -0.188. The molecule has 0 radical (unpaired) electrons. The van der Waals surface area contributed by atoms with Crippen LogP contribution in [0.15, 0.2) is 36.7 Å². The van der Waals surface area contributed by atoms with Crippen molar-refractivity contribution in [2.24, 2.45) is 0 Å². The lowest BCUT2D eigenvalue weighted by atomic mass is 10.0. The van der Waals surface area contributed by atoms with Crippen LogP contribution in [0, 0.1) is 5.82 Å². The molecule has 0 bridgehead atoms. The van der Waals surface area contributed by atoms with Crippen molar-refractivity contribution in [3.05, 3.63) is 53.6 Å². The van der Waals surface area contributed by atoms with Gasteiger partial charge in [0.05, 0.1) is 18.8 Å². The van der Waals surface area contributed by atoms with Crippen molar-refractivity contribution in [2.45, 2.75) is 18.9 Å². The minimum absolute atomic E-state index is 0.0388. The molecule has 3 aromatic rings. The van der Waals surface area contributed by atoms with E-state index >= 15 is 0 Å². The number of anilines is 1. The molecule has 152 valence electrons. The summed E-state index contributed by atoms with van der Waals surface area (Å²) in [7, 11) is 1.59. The van der Waals surface area contributed by atoms with Gasteiger partial charge in [-0.3, -0.25) is 0 Å². The van der Waals surface area contributed by atoms with Gasteiger partial charge in [-0.25, -0.2) is 18.7 Å². The molecule has 1 fully saturated rings. The van der Waals surface area contributed by atoms with Gasteiger partial charge in [-0.2, -0.15) is 5.10 Å². The fraction of sp³-hybridized carbons (Fsp3) is 0.350. The minimum atomic E-state index is -1.08. The molecule has 8 nitrogen and oxygen atoms in total. The highest BCUT2D eigenvalue weighted by Gasteiger charge is 2.30. The van der Waals surface area contributed by atoms with Crippen molar-refractivity contribution in [3.63, 3.8) is 0 Å². The van der Waals surface area contributed by atoms with Gasteiger partial charge in [0.1, 0.15) is 29.6 Å². The molecule has 9 heteroatoms. The number of carbonyl (C=O) groups is 1. The highest BCUT2D eigenvalue weighted by Crippen LogP contribution is 2.39. The number of halogens is 1. The van der Waals surface area contributed by atoms with Crippen molar-refractivity contribution in [3.8, 4) is 5.75 Å². The number of aromatic nitrogens is 3. The van der Waals surface area contributed by atoms with E-state index in [0.29, 0.717) is 24.8 Å². The Balaban J connectivity index is 1.70. The van der Waals surface area contributed by atoms with E-state index < -0.39 is 5.97 Å².